The van der Waals surface area contributed by atoms with Crippen LogP contribution in [0.4, 0.5) is 11.5 Å². The largest absolute Gasteiger partial charge is 0.733 e. The van der Waals surface area contributed by atoms with Crippen LogP contribution in [0.2, 0.25) is 0 Å². The van der Waals surface area contributed by atoms with Crippen molar-refractivity contribution in [1.29, 1.82) is 0 Å². The summed E-state index contributed by atoms with van der Waals surface area (Å²) in [6.07, 6.45) is 1.42. The SMILES string of the molecule is O=c1cc(N2CCN(Cc3cccc(N([O-])O)c3)CC2)nc[nH]1. The first kappa shape index (κ1) is 15.5. The molecule has 0 atom stereocenters. The lowest BCUT2D eigenvalue weighted by atomic mass is 10.1. The standard InChI is InChI=1S/C15H18N5O3/c21-15-9-14(16-11-17-15)19-6-4-18(5-7-19)10-12-2-1-3-13(8-12)20(22)23/h1-3,8-9,11,22H,4-7,10H2,(H,16,17,21)/q-1. The van der Waals surface area contributed by atoms with Gasteiger partial charge in [0.05, 0.1) is 12.0 Å². The van der Waals surface area contributed by atoms with Crippen LogP contribution >= 0.6 is 0 Å². The number of piperazine rings is 1. The molecule has 1 aliphatic rings. The van der Waals surface area contributed by atoms with Gasteiger partial charge in [0.1, 0.15) is 5.82 Å². The predicted octanol–water partition coefficient (Wildman–Crippen LogP) is 0.785. The molecule has 3 rings (SSSR count). The Morgan fingerprint density at radius 2 is 2.04 bits per heavy atom. The van der Waals surface area contributed by atoms with E-state index in [9.17, 15) is 10.0 Å². The van der Waals surface area contributed by atoms with Crippen LogP contribution in [0.15, 0.2) is 41.5 Å². The molecule has 1 saturated heterocycles. The molecule has 1 aromatic carbocycles. The number of H-pyrrole nitrogens is 1. The first-order valence-corrected chi connectivity index (χ1v) is 7.39. The average Bonchev–Trinajstić information content (AvgIpc) is 2.56. The number of rotatable bonds is 4. The fraction of sp³-hybridized carbons (Fsp3) is 0.333. The molecular formula is C15H18N5O3-. The zero-order chi connectivity index (χ0) is 16.2. The van der Waals surface area contributed by atoms with Gasteiger partial charge in [0.15, 0.2) is 0 Å². The third-order valence-electron chi connectivity index (χ3n) is 3.90. The van der Waals surface area contributed by atoms with Gasteiger partial charge >= 0.3 is 0 Å². The van der Waals surface area contributed by atoms with Gasteiger partial charge < -0.3 is 20.3 Å². The molecule has 1 aliphatic heterocycles. The highest BCUT2D eigenvalue weighted by atomic mass is 16.8. The van der Waals surface area contributed by atoms with E-state index in [0.29, 0.717) is 12.4 Å². The Morgan fingerprint density at radius 3 is 2.74 bits per heavy atom. The van der Waals surface area contributed by atoms with Crippen molar-refractivity contribution in [3.8, 4) is 0 Å². The predicted molar refractivity (Wildman–Crippen MR) is 86.4 cm³/mol. The molecule has 1 aromatic heterocycles. The number of aromatic nitrogens is 2. The number of nitrogens with one attached hydrogen (secondary N) is 1. The minimum absolute atomic E-state index is 0.125. The molecule has 2 N–H and O–H groups in total. The normalized spacial score (nSPS) is 15.7. The van der Waals surface area contributed by atoms with Gasteiger partial charge in [0.2, 0.25) is 0 Å². The number of aromatic amines is 1. The molecule has 0 aliphatic carbocycles. The molecule has 8 nitrogen and oxygen atoms in total. The van der Waals surface area contributed by atoms with Gasteiger partial charge in [-0.25, -0.2) is 4.98 Å². The summed E-state index contributed by atoms with van der Waals surface area (Å²) in [5.41, 5.74) is 1.05. The van der Waals surface area contributed by atoms with E-state index >= 15 is 0 Å². The van der Waals surface area contributed by atoms with E-state index in [0.717, 1.165) is 31.7 Å². The van der Waals surface area contributed by atoms with Crippen molar-refractivity contribution in [2.24, 2.45) is 0 Å². The molecular weight excluding hydrogens is 298 g/mol. The maximum absolute atomic E-state index is 11.3. The summed E-state index contributed by atoms with van der Waals surface area (Å²) in [5, 5.41) is 19.8. The number of hydrogen-bond acceptors (Lipinski definition) is 7. The minimum atomic E-state index is -0.152. The number of nitrogens with zero attached hydrogens (tertiary/aromatic N) is 4. The van der Waals surface area contributed by atoms with Crippen molar-refractivity contribution < 1.29 is 5.21 Å². The lowest BCUT2D eigenvalue weighted by molar-refractivity contribution is 0.249. The summed E-state index contributed by atoms with van der Waals surface area (Å²) in [6, 6.07) is 8.42. The molecule has 0 spiro atoms. The number of anilines is 2. The Kier molecular flexibility index (Phi) is 4.56. The maximum atomic E-state index is 11.3. The van der Waals surface area contributed by atoms with Crippen molar-refractivity contribution in [2.75, 3.05) is 36.3 Å². The summed E-state index contributed by atoms with van der Waals surface area (Å²) in [5.74, 6) is 0.692. The highest BCUT2D eigenvalue weighted by Crippen LogP contribution is 2.17. The maximum Gasteiger partial charge on any atom is 0.252 e. The lowest BCUT2D eigenvalue weighted by Gasteiger charge is -2.35. The van der Waals surface area contributed by atoms with Gasteiger partial charge in [-0.05, 0) is 17.7 Å². The lowest BCUT2D eigenvalue weighted by Crippen LogP contribution is -2.46. The van der Waals surface area contributed by atoms with E-state index in [1.807, 2.05) is 6.07 Å². The number of hydrogen-bond donors (Lipinski definition) is 2. The van der Waals surface area contributed by atoms with Gasteiger partial charge in [0.25, 0.3) is 5.56 Å². The minimum Gasteiger partial charge on any atom is -0.733 e. The van der Waals surface area contributed by atoms with Crippen LogP contribution in [0.3, 0.4) is 0 Å². The molecule has 2 heterocycles. The van der Waals surface area contributed by atoms with Crippen LogP contribution in [0.5, 0.6) is 0 Å². The summed E-state index contributed by atoms with van der Waals surface area (Å²) < 4.78 is 0. The Labute approximate surface area is 133 Å². The third-order valence-corrected chi connectivity index (χ3v) is 3.90. The second-order valence-electron chi connectivity index (χ2n) is 5.48. The van der Waals surface area contributed by atoms with Crippen molar-refractivity contribution in [3.63, 3.8) is 0 Å². The second-order valence-corrected chi connectivity index (χ2v) is 5.48. The first-order chi connectivity index (χ1) is 11.1. The van der Waals surface area contributed by atoms with Crippen LogP contribution < -0.4 is 15.7 Å². The van der Waals surface area contributed by atoms with E-state index in [-0.39, 0.29) is 16.5 Å². The van der Waals surface area contributed by atoms with Gasteiger partial charge in [-0.3, -0.25) is 14.9 Å². The van der Waals surface area contributed by atoms with E-state index in [4.69, 9.17) is 5.21 Å². The molecule has 2 aromatic rings. The van der Waals surface area contributed by atoms with Gasteiger partial charge in [-0.15, -0.1) is 0 Å². The third kappa shape index (κ3) is 3.86. The molecule has 0 saturated carbocycles. The molecule has 0 bridgehead atoms. The highest BCUT2D eigenvalue weighted by Gasteiger charge is 2.18. The fourth-order valence-electron chi connectivity index (χ4n) is 2.70. The Balaban J connectivity index is 1.59. The molecule has 1 fully saturated rings. The number of benzene rings is 1. The van der Waals surface area contributed by atoms with Gasteiger partial charge in [-0.2, -0.15) is 0 Å². The summed E-state index contributed by atoms with van der Waals surface area (Å²) in [7, 11) is 0. The molecule has 122 valence electrons. The summed E-state index contributed by atoms with van der Waals surface area (Å²) in [6.45, 7) is 3.93. The first-order valence-electron chi connectivity index (χ1n) is 7.39. The molecule has 0 unspecified atom stereocenters. The van der Waals surface area contributed by atoms with Crippen molar-refractivity contribution in [2.45, 2.75) is 6.54 Å². The Morgan fingerprint density at radius 1 is 1.26 bits per heavy atom. The zero-order valence-electron chi connectivity index (χ0n) is 12.6. The van der Waals surface area contributed by atoms with E-state index in [2.05, 4.69) is 19.8 Å². The molecule has 0 amide bonds. The van der Waals surface area contributed by atoms with Crippen LogP contribution in [-0.4, -0.2) is 46.3 Å². The van der Waals surface area contributed by atoms with Crippen LogP contribution in [0.25, 0.3) is 0 Å². The molecule has 0 radical (unpaired) electrons. The Hall–Kier alpha value is -2.42. The van der Waals surface area contributed by atoms with Crippen molar-refractivity contribution >= 4 is 11.5 Å². The molecule has 8 heteroatoms. The smallest absolute Gasteiger partial charge is 0.252 e. The summed E-state index contributed by atoms with van der Waals surface area (Å²) >= 11 is 0. The second kappa shape index (κ2) is 6.78. The summed E-state index contributed by atoms with van der Waals surface area (Å²) in [4.78, 5) is 22.4. The van der Waals surface area contributed by atoms with Crippen LogP contribution in [0.1, 0.15) is 5.56 Å². The van der Waals surface area contributed by atoms with Crippen LogP contribution in [-0.2, 0) is 6.54 Å². The van der Waals surface area contributed by atoms with Gasteiger partial charge in [0, 0.05) is 38.8 Å². The van der Waals surface area contributed by atoms with E-state index in [1.54, 1.807) is 18.2 Å². The zero-order valence-corrected chi connectivity index (χ0v) is 12.6. The fourth-order valence-corrected chi connectivity index (χ4v) is 2.70. The van der Waals surface area contributed by atoms with Gasteiger partial charge in [-0.1, -0.05) is 12.1 Å². The average molecular weight is 316 g/mol. The van der Waals surface area contributed by atoms with Crippen LogP contribution in [0, 0.1) is 5.21 Å². The van der Waals surface area contributed by atoms with E-state index < -0.39 is 0 Å². The Bertz CT molecular complexity index is 710. The van der Waals surface area contributed by atoms with E-state index in [1.165, 1.54) is 12.4 Å². The van der Waals surface area contributed by atoms with Crippen molar-refractivity contribution in [1.82, 2.24) is 14.9 Å². The topological polar surface area (TPSA) is 98.8 Å². The highest BCUT2D eigenvalue weighted by molar-refractivity contribution is 5.46. The quantitative estimate of drug-likeness (QED) is 0.804. The monoisotopic (exact) mass is 316 g/mol. The van der Waals surface area contributed by atoms with Crippen molar-refractivity contribution in [3.05, 3.63) is 57.8 Å². The molecule has 23 heavy (non-hydrogen) atoms.